The summed E-state index contributed by atoms with van der Waals surface area (Å²) in [4.78, 5) is 11.5. The summed E-state index contributed by atoms with van der Waals surface area (Å²) in [6.45, 7) is 2.20. The zero-order chi connectivity index (χ0) is 15.1. The smallest absolute Gasteiger partial charge is 0.177 e. The monoisotopic (exact) mass is 300 g/mol. The number of benzene rings is 2. The Balaban J connectivity index is 1.91. The first-order valence-electron chi connectivity index (χ1n) is 7.49. The average Bonchev–Trinajstić information content (AvgIpc) is 2.54. The van der Waals surface area contributed by atoms with E-state index in [0.29, 0.717) is 5.56 Å². The zero-order valence-corrected chi connectivity index (χ0v) is 13.2. The van der Waals surface area contributed by atoms with Gasteiger partial charge in [0.25, 0.3) is 0 Å². The Morgan fingerprint density at radius 1 is 0.810 bits per heavy atom. The lowest BCUT2D eigenvalue weighted by Crippen LogP contribution is -2.00. The maximum absolute atomic E-state index is 11.5. The topological polar surface area (TPSA) is 17.1 Å². The van der Waals surface area contributed by atoms with Crippen molar-refractivity contribution < 1.29 is 4.79 Å². The summed E-state index contributed by atoms with van der Waals surface area (Å²) in [7, 11) is 0. The lowest BCUT2D eigenvalue weighted by molar-refractivity contribution is 0.102. The number of carbonyl (C=O) groups is 1. The van der Waals surface area contributed by atoms with Crippen LogP contribution in [0.25, 0.3) is 0 Å². The molecule has 2 aromatic carbocycles. The molecule has 0 aromatic heterocycles. The molecule has 0 fully saturated rings. The molecule has 0 aliphatic carbocycles. The van der Waals surface area contributed by atoms with Gasteiger partial charge in [0.05, 0.1) is 5.88 Å². The molecule has 0 aliphatic heterocycles. The molecule has 0 heterocycles. The van der Waals surface area contributed by atoms with Crippen molar-refractivity contribution in [1.82, 2.24) is 0 Å². The van der Waals surface area contributed by atoms with Crippen LogP contribution >= 0.6 is 11.6 Å². The van der Waals surface area contributed by atoms with Crippen molar-refractivity contribution in [1.29, 1.82) is 0 Å². The number of aryl methyl sites for hydroxylation is 3. The van der Waals surface area contributed by atoms with E-state index >= 15 is 0 Å². The van der Waals surface area contributed by atoms with Gasteiger partial charge in [-0.2, -0.15) is 0 Å². The van der Waals surface area contributed by atoms with E-state index in [4.69, 9.17) is 11.6 Å². The van der Waals surface area contributed by atoms with E-state index in [2.05, 4.69) is 31.2 Å². The van der Waals surface area contributed by atoms with Crippen molar-refractivity contribution >= 4 is 17.4 Å². The number of hydrogen-bond acceptors (Lipinski definition) is 1. The maximum atomic E-state index is 11.5. The fourth-order valence-corrected chi connectivity index (χ4v) is 2.54. The minimum absolute atomic E-state index is 0.0188. The van der Waals surface area contributed by atoms with Crippen molar-refractivity contribution in [3.8, 4) is 0 Å². The van der Waals surface area contributed by atoms with E-state index in [-0.39, 0.29) is 11.7 Å². The standard InChI is InChI=1S/C19H21ClO/c1-2-3-15-4-6-16(7-5-15)8-9-17-10-12-18(13-11-17)19(21)14-20/h4-7,10-13H,2-3,8-9,14H2,1H3. The molecule has 1 nitrogen and oxygen atoms in total. The highest BCUT2D eigenvalue weighted by Crippen LogP contribution is 2.12. The summed E-state index contributed by atoms with van der Waals surface area (Å²) in [5.41, 5.74) is 4.71. The molecule has 0 saturated heterocycles. The van der Waals surface area contributed by atoms with Gasteiger partial charge in [-0.15, -0.1) is 11.6 Å². The molecule has 0 amide bonds. The molecular weight excluding hydrogens is 280 g/mol. The number of carbonyl (C=O) groups excluding carboxylic acids is 1. The van der Waals surface area contributed by atoms with Crippen LogP contribution in [-0.2, 0) is 19.3 Å². The molecule has 2 aromatic rings. The fraction of sp³-hybridized carbons (Fsp3) is 0.316. The van der Waals surface area contributed by atoms with E-state index < -0.39 is 0 Å². The lowest BCUT2D eigenvalue weighted by atomic mass is 10.0. The van der Waals surface area contributed by atoms with Gasteiger partial charge in [-0.05, 0) is 36.0 Å². The number of halogens is 1. The average molecular weight is 301 g/mol. The Morgan fingerprint density at radius 2 is 1.24 bits per heavy atom. The number of hydrogen-bond donors (Lipinski definition) is 0. The molecule has 21 heavy (non-hydrogen) atoms. The van der Waals surface area contributed by atoms with Gasteiger partial charge in [0.1, 0.15) is 0 Å². The normalized spacial score (nSPS) is 10.6. The minimum atomic E-state index is -0.0188. The molecule has 2 rings (SSSR count). The van der Waals surface area contributed by atoms with Crippen molar-refractivity contribution in [2.24, 2.45) is 0 Å². The highest BCUT2D eigenvalue weighted by molar-refractivity contribution is 6.30. The van der Waals surface area contributed by atoms with Crippen LogP contribution in [0.5, 0.6) is 0 Å². The first-order chi connectivity index (χ1) is 10.2. The van der Waals surface area contributed by atoms with Crippen LogP contribution in [0.4, 0.5) is 0 Å². The third kappa shape index (κ3) is 4.71. The summed E-state index contributed by atoms with van der Waals surface area (Å²) >= 11 is 5.55. The van der Waals surface area contributed by atoms with Gasteiger partial charge in [0.2, 0.25) is 0 Å². The zero-order valence-electron chi connectivity index (χ0n) is 12.4. The van der Waals surface area contributed by atoms with Crippen molar-refractivity contribution in [3.63, 3.8) is 0 Å². The Bertz CT molecular complexity index is 570. The van der Waals surface area contributed by atoms with Crippen molar-refractivity contribution in [3.05, 3.63) is 70.8 Å². The molecule has 110 valence electrons. The second-order valence-corrected chi connectivity index (χ2v) is 5.59. The summed E-state index contributed by atoms with van der Waals surface area (Å²) < 4.78 is 0. The molecule has 0 N–H and O–H groups in total. The van der Waals surface area contributed by atoms with Crippen LogP contribution in [-0.4, -0.2) is 11.7 Å². The molecular formula is C19H21ClO. The van der Waals surface area contributed by atoms with Gasteiger partial charge in [0, 0.05) is 5.56 Å². The second-order valence-electron chi connectivity index (χ2n) is 5.32. The predicted octanol–water partition coefficient (Wildman–Crippen LogP) is 4.85. The van der Waals surface area contributed by atoms with E-state index in [0.717, 1.165) is 19.3 Å². The highest BCUT2D eigenvalue weighted by Gasteiger charge is 2.03. The molecule has 0 atom stereocenters. The lowest BCUT2D eigenvalue weighted by Gasteiger charge is -2.05. The van der Waals surface area contributed by atoms with Gasteiger partial charge in [-0.3, -0.25) is 4.79 Å². The summed E-state index contributed by atoms with van der Waals surface area (Å²) in [6.07, 6.45) is 4.35. The molecule has 0 radical (unpaired) electrons. The Morgan fingerprint density at radius 3 is 1.67 bits per heavy atom. The molecule has 0 unspecified atom stereocenters. The van der Waals surface area contributed by atoms with E-state index in [1.165, 1.54) is 23.1 Å². The summed E-state index contributed by atoms with van der Waals surface area (Å²) in [6, 6.07) is 16.7. The van der Waals surface area contributed by atoms with Crippen LogP contribution in [0.1, 0.15) is 40.4 Å². The first kappa shape index (κ1) is 15.8. The van der Waals surface area contributed by atoms with E-state index in [9.17, 15) is 4.79 Å². The quantitative estimate of drug-likeness (QED) is 0.528. The van der Waals surface area contributed by atoms with Crippen LogP contribution in [0, 0.1) is 0 Å². The third-order valence-electron chi connectivity index (χ3n) is 3.66. The first-order valence-corrected chi connectivity index (χ1v) is 8.02. The molecule has 0 spiro atoms. The molecule has 0 bridgehead atoms. The van der Waals surface area contributed by atoms with Gasteiger partial charge in [0.15, 0.2) is 5.78 Å². The number of ketones is 1. The number of alkyl halides is 1. The summed E-state index contributed by atoms with van der Waals surface area (Å²) in [5.74, 6) is 0.0263. The SMILES string of the molecule is CCCc1ccc(CCc2ccc(C(=O)CCl)cc2)cc1. The van der Waals surface area contributed by atoms with Gasteiger partial charge < -0.3 is 0 Å². The van der Waals surface area contributed by atoms with Gasteiger partial charge >= 0.3 is 0 Å². The third-order valence-corrected chi connectivity index (χ3v) is 3.90. The van der Waals surface area contributed by atoms with Gasteiger partial charge in [-0.25, -0.2) is 0 Å². The van der Waals surface area contributed by atoms with Crippen LogP contribution in [0.2, 0.25) is 0 Å². The summed E-state index contributed by atoms with van der Waals surface area (Å²) in [5, 5.41) is 0. The van der Waals surface area contributed by atoms with Gasteiger partial charge in [-0.1, -0.05) is 61.9 Å². The number of rotatable bonds is 7. The van der Waals surface area contributed by atoms with Crippen LogP contribution in [0.15, 0.2) is 48.5 Å². The molecule has 0 saturated carbocycles. The van der Waals surface area contributed by atoms with Crippen molar-refractivity contribution in [2.45, 2.75) is 32.6 Å². The van der Waals surface area contributed by atoms with Crippen molar-refractivity contribution in [2.75, 3.05) is 5.88 Å². The Labute approximate surface area is 132 Å². The number of Topliss-reactive ketones (excluding diaryl/α,β-unsaturated/α-hetero) is 1. The van der Waals surface area contributed by atoms with E-state index in [1.54, 1.807) is 0 Å². The second kappa shape index (κ2) is 7.99. The maximum Gasteiger partial charge on any atom is 0.177 e. The molecule has 0 aliphatic rings. The molecule has 2 heteroatoms. The van der Waals surface area contributed by atoms with Crippen LogP contribution in [0.3, 0.4) is 0 Å². The predicted molar refractivity (Wildman–Crippen MR) is 89.3 cm³/mol. The largest absolute Gasteiger partial charge is 0.293 e. The van der Waals surface area contributed by atoms with E-state index in [1.807, 2.05) is 24.3 Å². The highest BCUT2D eigenvalue weighted by atomic mass is 35.5. The minimum Gasteiger partial charge on any atom is -0.293 e. The Kier molecular flexibility index (Phi) is 6.01. The fourth-order valence-electron chi connectivity index (χ4n) is 2.38. The Hall–Kier alpha value is -1.60. The van der Waals surface area contributed by atoms with Crippen LogP contribution < -0.4 is 0 Å².